The van der Waals surface area contributed by atoms with Crippen LogP contribution in [-0.2, 0) is 6.42 Å². The second kappa shape index (κ2) is 6.70. The molecule has 0 aromatic heterocycles. The molecular formula is C15H15Cl2N3O. The van der Waals surface area contributed by atoms with E-state index in [2.05, 4.69) is 10.6 Å². The Kier molecular flexibility index (Phi) is 4.94. The Bertz CT molecular complexity index is 674. The molecule has 0 bridgehead atoms. The fourth-order valence-corrected chi connectivity index (χ4v) is 2.16. The highest BCUT2D eigenvalue weighted by Crippen LogP contribution is 2.25. The van der Waals surface area contributed by atoms with Crippen molar-refractivity contribution in [2.75, 3.05) is 16.4 Å². The average Bonchev–Trinajstić information content (AvgIpc) is 2.43. The molecule has 0 radical (unpaired) electrons. The molecule has 0 aliphatic heterocycles. The topological polar surface area (TPSA) is 67.2 Å². The molecule has 110 valence electrons. The number of nitrogens with two attached hydrogens (primary N) is 1. The largest absolute Gasteiger partial charge is 0.398 e. The fourth-order valence-electron chi connectivity index (χ4n) is 1.86. The van der Waals surface area contributed by atoms with Crippen molar-refractivity contribution >= 4 is 46.3 Å². The van der Waals surface area contributed by atoms with E-state index in [-0.39, 0.29) is 6.03 Å². The summed E-state index contributed by atoms with van der Waals surface area (Å²) in [6.07, 6.45) is 0.849. The standard InChI is InChI=1S/C15H15Cl2N3O/c1-2-9-3-4-11(8-14(9)18)20-15(21)19-10-5-6-12(16)13(17)7-10/h3-8H,2,18H2,1H3,(H2,19,20,21). The molecule has 0 aliphatic rings. The molecule has 2 aromatic rings. The minimum absolute atomic E-state index is 0.378. The highest BCUT2D eigenvalue weighted by molar-refractivity contribution is 6.42. The Morgan fingerprint density at radius 2 is 1.67 bits per heavy atom. The number of carbonyl (C=O) groups is 1. The molecule has 4 N–H and O–H groups in total. The van der Waals surface area contributed by atoms with Crippen molar-refractivity contribution in [1.29, 1.82) is 0 Å². The maximum atomic E-state index is 11.9. The number of carbonyl (C=O) groups excluding carboxylic acids is 1. The van der Waals surface area contributed by atoms with Crippen LogP contribution >= 0.6 is 23.2 Å². The normalized spacial score (nSPS) is 10.2. The minimum atomic E-state index is -0.378. The van der Waals surface area contributed by atoms with Crippen molar-refractivity contribution in [3.8, 4) is 0 Å². The molecule has 4 nitrogen and oxygen atoms in total. The van der Waals surface area contributed by atoms with Gasteiger partial charge in [-0.3, -0.25) is 0 Å². The molecule has 0 saturated heterocycles. The third kappa shape index (κ3) is 4.03. The number of urea groups is 1. The molecule has 0 heterocycles. The number of nitrogen functional groups attached to an aromatic ring is 1. The van der Waals surface area contributed by atoms with Crippen LogP contribution in [0, 0.1) is 0 Å². The first-order valence-corrected chi connectivity index (χ1v) is 7.16. The summed E-state index contributed by atoms with van der Waals surface area (Å²) in [5, 5.41) is 6.20. The summed E-state index contributed by atoms with van der Waals surface area (Å²) >= 11 is 11.7. The van der Waals surface area contributed by atoms with Gasteiger partial charge >= 0.3 is 6.03 Å². The lowest BCUT2D eigenvalue weighted by molar-refractivity contribution is 0.262. The zero-order valence-corrected chi connectivity index (χ0v) is 12.9. The van der Waals surface area contributed by atoms with E-state index in [1.807, 2.05) is 19.1 Å². The molecule has 0 atom stereocenters. The van der Waals surface area contributed by atoms with E-state index in [4.69, 9.17) is 28.9 Å². The van der Waals surface area contributed by atoms with Crippen LogP contribution in [0.5, 0.6) is 0 Å². The van der Waals surface area contributed by atoms with E-state index in [9.17, 15) is 4.79 Å². The van der Waals surface area contributed by atoms with Crippen LogP contribution in [-0.4, -0.2) is 6.03 Å². The van der Waals surface area contributed by atoms with Gasteiger partial charge in [-0.2, -0.15) is 0 Å². The highest BCUT2D eigenvalue weighted by atomic mass is 35.5. The van der Waals surface area contributed by atoms with E-state index in [1.165, 1.54) is 0 Å². The van der Waals surface area contributed by atoms with Gasteiger partial charge in [-0.1, -0.05) is 36.2 Å². The predicted molar refractivity (Wildman–Crippen MR) is 89.3 cm³/mol. The summed E-state index contributed by atoms with van der Waals surface area (Å²) in [5.74, 6) is 0. The van der Waals surface area contributed by atoms with E-state index in [1.54, 1.807) is 24.3 Å². The van der Waals surface area contributed by atoms with Gasteiger partial charge in [0.15, 0.2) is 0 Å². The van der Waals surface area contributed by atoms with Crippen molar-refractivity contribution < 1.29 is 4.79 Å². The van der Waals surface area contributed by atoms with Crippen LogP contribution in [0.25, 0.3) is 0 Å². The van der Waals surface area contributed by atoms with Gasteiger partial charge in [0, 0.05) is 17.1 Å². The Morgan fingerprint density at radius 1 is 1.05 bits per heavy atom. The Morgan fingerprint density at radius 3 is 2.24 bits per heavy atom. The number of hydrogen-bond donors (Lipinski definition) is 3. The summed E-state index contributed by atoms with van der Waals surface area (Å²) in [4.78, 5) is 11.9. The van der Waals surface area contributed by atoms with Gasteiger partial charge in [0.1, 0.15) is 0 Å². The first-order valence-electron chi connectivity index (χ1n) is 6.41. The van der Waals surface area contributed by atoms with E-state index in [0.29, 0.717) is 27.1 Å². The fraction of sp³-hybridized carbons (Fsp3) is 0.133. The number of rotatable bonds is 3. The van der Waals surface area contributed by atoms with Gasteiger partial charge in [0.05, 0.1) is 10.0 Å². The molecule has 2 aromatic carbocycles. The van der Waals surface area contributed by atoms with Gasteiger partial charge in [-0.25, -0.2) is 4.79 Å². The third-order valence-electron chi connectivity index (χ3n) is 2.96. The zero-order chi connectivity index (χ0) is 15.4. The molecule has 2 amide bonds. The number of aryl methyl sites for hydroxylation is 1. The van der Waals surface area contributed by atoms with Gasteiger partial charge < -0.3 is 16.4 Å². The second-order valence-corrected chi connectivity index (χ2v) is 5.29. The van der Waals surface area contributed by atoms with Crippen LogP contribution in [0.2, 0.25) is 10.0 Å². The lowest BCUT2D eigenvalue weighted by Gasteiger charge is -2.10. The van der Waals surface area contributed by atoms with Crippen LogP contribution in [0.1, 0.15) is 12.5 Å². The molecule has 6 heteroatoms. The highest BCUT2D eigenvalue weighted by Gasteiger charge is 2.06. The van der Waals surface area contributed by atoms with E-state index in [0.717, 1.165) is 12.0 Å². The molecule has 0 fully saturated rings. The number of benzene rings is 2. The predicted octanol–water partition coefficient (Wildman–Crippen LogP) is 4.78. The maximum Gasteiger partial charge on any atom is 0.323 e. The van der Waals surface area contributed by atoms with Crippen molar-refractivity contribution in [2.45, 2.75) is 13.3 Å². The summed E-state index contributed by atoms with van der Waals surface area (Å²) in [6.45, 7) is 2.02. The lowest BCUT2D eigenvalue weighted by atomic mass is 10.1. The molecule has 2 rings (SSSR count). The van der Waals surface area contributed by atoms with Crippen LogP contribution in [0.4, 0.5) is 21.9 Å². The average molecular weight is 324 g/mol. The number of hydrogen-bond acceptors (Lipinski definition) is 2. The second-order valence-electron chi connectivity index (χ2n) is 4.48. The Hall–Kier alpha value is -1.91. The molecule has 0 unspecified atom stereocenters. The molecule has 0 saturated carbocycles. The first-order chi connectivity index (χ1) is 9.99. The monoisotopic (exact) mass is 323 g/mol. The minimum Gasteiger partial charge on any atom is -0.398 e. The quantitative estimate of drug-likeness (QED) is 0.711. The molecule has 0 aliphatic carbocycles. The number of halogens is 2. The lowest BCUT2D eigenvalue weighted by Crippen LogP contribution is -2.19. The van der Waals surface area contributed by atoms with Crippen molar-refractivity contribution in [1.82, 2.24) is 0 Å². The zero-order valence-electron chi connectivity index (χ0n) is 11.4. The molecule has 0 spiro atoms. The van der Waals surface area contributed by atoms with Crippen LogP contribution in [0.15, 0.2) is 36.4 Å². The summed E-state index contributed by atoms with van der Waals surface area (Å²) in [6, 6.07) is 9.92. The van der Waals surface area contributed by atoms with Gasteiger partial charge in [0.25, 0.3) is 0 Å². The Balaban J connectivity index is 2.04. The SMILES string of the molecule is CCc1ccc(NC(=O)Nc2ccc(Cl)c(Cl)c2)cc1N. The smallest absolute Gasteiger partial charge is 0.323 e. The summed E-state index contributed by atoms with van der Waals surface area (Å²) < 4.78 is 0. The van der Waals surface area contributed by atoms with Crippen molar-refractivity contribution in [3.63, 3.8) is 0 Å². The number of amides is 2. The Labute approximate surface area is 133 Å². The number of nitrogens with one attached hydrogen (secondary N) is 2. The summed E-state index contributed by atoms with van der Waals surface area (Å²) in [7, 11) is 0. The van der Waals surface area contributed by atoms with Crippen LogP contribution < -0.4 is 16.4 Å². The van der Waals surface area contributed by atoms with Crippen molar-refractivity contribution in [3.05, 3.63) is 52.0 Å². The maximum absolute atomic E-state index is 11.9. The third-order valence-corrected chi connectivity index (χ3v) is 3.70. The van der Waals surface area contributed by atoms with Gasteiger partial charge in [-0.15, -0.1) is 0 Å². The van der Waals surface area contributed by atoms with E-state index < -0.39 is 0 Å². The first kappa shape index (κ1) is 15.5. The van der Waals surface area contributed by atoms with Crippen LogP contribution in [0.3, 0.4) is 0 Å². The van der Waals surface area contributed by atoms with Gasteiger partial charge in [-0.05, 0) is 42.3 Å². The van der Waals surface area contributed by atoms with E-state index >= 15 is 0 Å². The van der Waals surface area contributed by atoms with Crippen molar-refractivity contribution in [2.24, 2.45) is 0 Å². The summed E-state index contributed by atoms with van der Waals surface area (Å²) in [5.41, 5.74) is 8.78. The molecule has 21 heavy (non-hydrogen) atoms. The molecular weight excluding hydrogens is 309 g/mol. The number of anilines is 3. The van der Waals surface area contributed by atoms with Gasteiger partial charge in [0.2, 0.25) is 0 Å².